The number of hydrogen-bond acceptors (Lipinski definition) is 6. The highest BCUT2D eigenvalue weighted by Gasteiger charge is 2.23. The van der Waals surface area contributed by atoms with Gasteiger partial charge >= 0.3 is 0 Å². The van der Waals surface area contributed by atoms with Crippen molar-refractivity contribution >= 4 is 17.7 Å². The van der Waals surface area contributed by atoms with Gasteiger partial charge in [0, 0.05) is 24.5 Å². The molecule has 1 atom stereocenters. The summed E-state index contributed by atoms with van der Waals surface area (Å²) in [5.74, 6) is 1.24. The Bertz CT molecular complexity index is 1180. The Labute approximate surface area is 190 Å². The van der Waals surface area contributed by atoms with Crippen molar-refractivity contribution in [2.45, 2.75) is 23.9 Å². The van der Waals surface area contributed by atoms with Crippen LogP contribution in [0.2, 0.25) is 0 Å². The molecule has 162 valence electrons. The summed E-state index contributed by atoms with van der Waals surface area (Å²) in [6.07, 6.45) is 3.45. The van der Waals surface area contributed by atoms with Crippen molar-refractivity contribution in [3.8, 4) is 22.8 Å². The number of methoxy groups -OCH3 is 1. The molecule has 8 heteroatoms. The summed E-state index contributed by atoms with van der Waals surface area (Å²) >= 11 is 1.34. The van der Waals surface area contributed by atoms with Crippen LogP contribution in [0.3, 0.4) is 0 Å². The van der Waals surface area contributed by atoms with Crippen LogP contribution in [0.1, 0.15) is 12.5 Å². The Balaban J connectivity index is 1.62. The zero-order valence-electron chi connectivity index (χ0n) is 17.8. The second kappa shape index (κ2) is 10.1. The molecule has 0 aliphatic heterocycles. The van der Waals surface area contributed by atoms with Gasteiger partial charge < -0.3 is 10.1 Å². The Morgan fingerprint density at radius 2 is 1.84 bits per heavy atom. The van der Waals surface area contributed by atoms with Gasteiger partial charge in [-0.15, -0.1) is 10.2 Å². The van der Waals surface area contributed by atoms with Gasteiger partial charge in [0.05, 0.1) is 18.0 Å². The maximum Gasteiger partial charge on any atom is 0.233 e. The third-order valence-corrected chi connectivity index (χ3v) is 5.88. The van der Waals surface area contributed by atoms with Gasteiger partial charge in [-0.05, 0) is 36.8 Å². The van der Waals surface area contributed by atoms with E-state index in [1.807, 2.05) is 78.2 Å². The highest BCUT2D eigenvalue weighted by Crippen LogP contribution is 2.33. The number of para-hydroxylation sites is 2. The van der Waals surface area contributed by atoms with Crippen molar-refractivity contribution in [1.29, 1.82) is 0 Å². The maximum atomic E-state index is 12.7. The first kappa shape index (κ1) is 21.6. The number of hydrogen-bond donors (Lipinski definition) is 1. The molecule has 0 aliphatic rings. The third-order valence-electron chi connectivity index (χ3n) is 4.84. The van der Waals surface area contributed by atoms with Gasteiger partial charge in [-0.1, -0.05) is 54.2 Å². The fourth-order valence-electron chi connectivity index (χ4n) is 3.20. The number of nitrogens with zero attached hydrogens (tertiary/aromatic N) is 4. The van der Waals surface area contributed by atoms with Gasteiger partial charge in [-0.2, -0.15) is 0 Å². The van der Waals surface area contributed by atoms with Gasteiger partial charge in [-0.3, -0.25) is 14.3 Å². The molecule has 0 spiro atoms. The second-order valence-corrected chi connectivity index (χ2v) is 8.33. The van der Waals surface area contributed by atoms with Gasteiger partial charge in [0.15, 0.2) is 11.0 Å². The average Bonchev–Trinajstić information content (AvgIpc) is 3.26. The number of nitrogens with one attached hydrogen (secondary N) is 1. The SMILES string of the molecule is COc1ccccc1-n1c(S[C@@H](C)C(=O)NCc2ccccc2)nnc1-c1cccnc1. The van der Waals surface area contributed by atoms with Crippen molar-refractivity contribution in [1.82, 2.24) is 25.1 Å². The molecule has 0 aliphatic carbocycles. The monoisotopic (exact) mass is 445 g/mol. The molecular weight excluding hydrogens is 422 g/mol. The summed E-state index contributed by atoms with van der Waals surface area (Å²) in [6, 6.07) is 21.2. The number of aromatic nitrogens is 4. The van der Waals surface area contributed by atoms with E-state index in [1.54, 1.807) is 19.5 Å². The number of carbonyl (C=O) groups is 1. The molecule has 7 nitrogen and oxygen atoms in total. The van der Waals surface area contributed by atoms with Gasteiger partial charge in [0.25, 0.3) is 0 Å². The summed E-state index contributed by atoms with van der Waals surface area (Å²) in [7, 11) is 1.62. The van der Waals surface area contributed by atoms with Crippen LogP contribution in [0.5, 0.6) is 5.75 Å². The van der Waals surface area contributed by atoms with E-state index in [4.69, 9.17) is 4.74 Å². The molecule has 0 unspecified atom stereocenters. The molecular formula is C24H23N5O2S. The maximum absolute atomic E-state index is 12.7. The van der Waals surface area contributed by atoms with Crippen LogP contribution >= 0.6 is 11.8 Å². The summed E-state index contributed by atoms with van der Waals surface area (Å²) in [6.45, 7) is 2.33. The minimum Gasteiger partial charge on any atom is -0.495 e. The largest absolute Gasteiger partial charge is 0.495 e. The lowest BCUT2D eigenvalue weighted by molar-refractivity contribution is -0.120. The Hall–Kier alpha value is -3.65. The van der Waals surface area contributed by atoms with E-state index in [1.165, 1.54) is 11.8 Å². The summed E-state index contributed by atoms with van der Waals surface area (Å²) in [5.41, 5.74) is 2.66. The first-order valence-corrected chi connectivity index (χ1v) is 11.0. The lowest BCUT2D eigenvalue weighted by atomic mass is 10.2. The highest BCUT2D eigenvalue weighted by atomic mass is 32.2. The van der Waals surface area contributed by atoms with Crippen LogP contribution < -0.4 is 10.1 Å². The van der Waals surface area contributed by atoms with Crippen LogP contribution in [0.15, 0.2) is 84.3 Å². The topological polar surface area (TPSA) is 81.9 Å². The van der Waals surface area contributed by atoms with Crippen LogP contribution in [0.4, 0.5) is 0 Å². The van der Waals surface area contributed by atoms with Crippen molar-refractivity contribution < 1.29 is 9.53 Å². The van der Waals surface area contributed by atoms with Crippen molar-refractivity contribution in [3.63, 3.8) is 0 Å². The Morgan fingerprint density at radius 3 is 2.59 bits per heavy atom. The molecule has 4 rings (SSSR count). The standard InChI is InChI=1S/C24H23N5O2S/c1-17(23(30)26-15-18-9-4-3-5-10-18)32-24-28-27-22(19-11-8-14-25-16-19)29(24)20-12-6-7-13-21(20)31-2/h3-14,16-17H,15H2,1-2H3,(H,26,30)/t17-/m0/s1. The van der Waals surface area contributed by atoms with Gasteiger partial charge in [0.2, 0.25) is 5.91 Å². The quantitative estimate of drug-likeness (QED) is 0.411. The van der Waals surface area contributed by atoms with Crippen molar-refractivity contribution in [3.05, 3.63) is 84.7 Å². The normalized spacial score (nSPS) is 11.7. The zero-order valence-corrected chi connectivity index (χ0v) is 18.6. The van der Waals surface area contributed by atoms with E-state index in [2.05, 4.69) is 20.5 Å². The fourth-order valence-corrected chi connectivity index (χ4v) is 4.09. The molecule has 0 bridgehead atoms. The van der Waals surface area contributed by atoms with Crippen molar-refractivity contribution in [2.75, 3.05) is 7.11 Å². The Morgan fingerprint density at radius 1 is 1.06 bits per heavy atom. The summed E-state index contributed by atoms with van der Waals surface area (Å²) in [4.78, 5) is 17.0. The predicted molar refractivity (Wildman–Crippen MR) is 125 cm³/mol. The molecule has 2 heterocycles. The number of ether oxygens (including phenoxy) is 1. The minimum absolute atomic E-state index is 0.0728. The van der Waals surface area contributed by atoms with Crippen LogP contribution in [-0.4, -0.2) is 38.0 Å². The molecule has 1 amide bonds. The first-order valence-electron chi connectivity index (χ1n) is 10.1. The summed E-state index contributed by atoms with van der Waals surface area (Å²) < 4.78 is 7.48. The number of pyridine rings is 1. The lowest BCUT2D eigenvalue weighted by Gasteiger charge is -2.16. The molecule has 4 aromatic rings. The third kappa shape index (κ3) is 4.81. The van der Waals surface area contributed by atoms with Gasteiger partial charge in [0.1, 0.15) is 5.75 Å². The van der Waals surface area contributed by atoms with E-state index < -0.39 is 0 Å². The smallest absolute Gasteiger partial charge is 0.233 e. The first-order chi connectivity index (χ1) is 15.7. The molecule has 0 saturated heterocycles. The number of carbonyl (C=O) groups excluding carboxylic acids is 1. The van der Waals surface area contributed by atoms with E-state index in [0.717, 1.165) is 16.8 Å². The number of rotatable bonds is 8. The molecule has 2 aromatic carbocycles. The predicted octanol–water partition coefficient (Wildman–Crippen LogP) is 4.13. The zero-order chi connectivity index (χ0) is 22.3. The highest BCUT2D eigenvalue weighted by molar-refractivity contribution is 8.00. The molecule has 1 N–H and O–H groups in total. The minimum atomic E-state index is -0.377. The molecule has 0 radical (unpaired) electrons. The van der Waals surface area contributed by atoms with E-state index in [0.29, 0.717) is 23.3 Å². The molecule has 2 aromatic heterocycles. The second-order valence-electron chi connectivity index (χ2n) is 7.02. The summed E-state index contributed by atoms with van der Waals surface area (Å²) in [5, 5.41) is 12.0. The Kier molecular flexibility index (Phi) is 6.81. The number of thioether (sulfide) groups is 1. The number of amides is 1. The van der Waals surface area contributed by atoms with E-state index in [-0.39, 0.29) is 11.2 Å². The van der Waals surface area contributed by atoms with Gasteiger partial charge in [-0.25, -0.2) is 0 Å². The van der Waals surface area contributed by atoms with Crippen LogP contribution in [0, 0.1) is 0 Å². The van der Waals surface area contributed by atoms with Crippen LogP contribution in [0.25, 0.3) is 17.1 Å². The van der Waals surface area contributed by atoms with E-state index in [9.17, 15) is 4.79 Å². The number of benzene rings is 2. The van der Waals surface area contributed by atoms with Crippen LogP contribution in [-0.2, 0) is 11.3 Å². The fraction of sp³-hybridized carbons (Fsp3) is 0.167. The van der Waals surface area contributed by atoms with Crippen molar-refractivity contribution in [2.24, 2.45) is 0 Å². The molecule has 0 fully saturated rings. The molecule has 32 heavy (non-hydrogen) atoms. The molecule has 0 saturated carbocycles. The average molecular weight is 446 g/mol. The van der Waals surface area contributed by atoms with E-state index >= 15 is 0 Å². The lowest BCUT2D eigenvalue weighted by Crippen LogP contribution is -2.30.